The van der Waals surface area contributed by atoms with Gasteiger partial charge in [-0.3, -0.25) is 0 Å². The zero-order valence-electron chi connectivity index (χ0n) is 9.89. The zero-order chi connectivity index (χ0) is 13.2. The highest BCUT2D eigenvalue weighted by Gasteiger charge is 2.14. The van der Waals surface area contributed by atoms with Gasteiger partial charge in [0.2, 0.25) is 0 Å². The highest BCUT2D eigenvalue weighted by molar-refractivity contribution is 7.90. The van der Waals surface area contributed by atoms with E-state index in [-0.39, 0.29) is 11.5 Å². The Morgan fingerprint density at radius 1 is 1.06 bits per heavy atom. The Morgan fingerprint density at radius 3 is 2.28 bits per heavy atom. The molecule has 0 fully saturated rings. The Balaban J connectivity index is 2.10. The van der Waals surface area contributed by atoms with Gasteiger partial charge in [-0.15, -0.1) is 11.3 Å². The molecular formula is C13H13ClO2S2. The average molecular weight is 301 g/mol. The summed E-state index contributed by atoms with van der Waals surface area (Å²) in [7, 11) is -3.14. The molecule has 0 atom stereocenters. The van der Waals surface area contributed by atoms with E-state index < -0.39 is 9.84 Å². The van der Waals surface area contributed by atoms with Crippen LogP contribution < -0.4 is 0 Å². The van der Waals surface area contributed by atoms with Crippen LogP contribution in [0, 0.1) is 6.92 Å². The number of hydrogen-bond donors (Lipinski definition) is 0. The molecule has 1 heterocycles. The van der Waals surface area contributed by atoms with Gasteiger partial charge < -0.3 is 0 Å². The maximum Gasteiger partial charge on any atom is 0.159 e. The number of thiophene rings is 1. The van der Waals surface area contributed by atoms with Crippen LogP contribution >= 0.6 is 22.9 Å². The van der Waals surface area contributed by atoms with Crippen molar-refractivity contribution in [3.8, 4) is 0 Å². The van der Waals surface area contributed by atoms with Gasteiger partial charge in [0, 0.05) is 4.88 Å². The van der Waals surface area contributed by atoms with Crippen molar-refractivity contribution >= 4 is 32.8 Å². The van der Waals surface area contributed by atoms with E-state index in [2.05, 4.69) is 0 Å². The van der Waals surface area contributed by atoms with Gasteiger partial charge in [-0.05, 0) is 24.6 Å². The van der Waals surface area contributed by atoms with Gasteiger partial charge in [0.15, 0.2) is 9.84 Å². The Bertz CT molecular complexity index is 627. The minimum absolute atomic E-state index is 0.0538. The summed E-state index contributed by atoms with van der Waals surface area (Å²) in [6.45, 7) is 1.98. The third kappa shape index (κ3) is 3.83. The normalized spacial score (nSPS) is 11.7. The van der Waals surface area contributed by atoms with E-state index in [4.69, 9.17) is 11.6 Å². The van der Waals surface area contributed by atoms with Gasteiger partial charge in [-0.1, -0.05) is 41.4 Å². The first-order valence-electron chi connectivity index (χ1n) is 5.45. The van der Waals surface area contributed by atoms with Gasteiger partial charge in [0.25, 0.3) is 0 Å². The van der Waals surface area contributed by atoms with Crippen molar-refractivity contribution in [1.29, 1.82) is 0 Å². The smallest absolute Gasteiger partial charge is 0.159 e. The van der Waals surface area contributed by atoms with Gasteiger partial charge >= 0.3 is 0 Å². The molecule has 5 heteroatoms. The summed E-state index contributed by atoms with van der Waals surface area (Å²) in [5.74, 6) is 0.126. The van der Waals surface area contributed by atoms with Crippen molar-refractivity contribution in [2.75, 3.05) is 0 Å². The van der Waals surface area contributed by atoms with Crippen molar-refractivity contribution in [3.05, 3.63) is 56.7 Å². The van der Waals surface area contributed by atoms with E-state index in [1.807, 2.05) is 31.2 Å². The molecule has 2 nitrogen and oxygen atoms in total. The number of rotatable bonds is 4. The largest absolute Gasteiger partial charge is 0.228 e. The van der Waals surface area contributed by atoms with Crippen molar-refractivity contribution in [3.63, 3.8) is 0 Å². The Labute approximate surface area is 116 Å². The van der Waals surface area contributed by atoms with Gasteiger partial charge in [0.05, 0.1) is 15.8 Å². The van der Waals surface area contributed by atoms with Crippen LogP contribution in [-0.2, 0) is 21.3 Å². The number of halogens is 1. The molecule has 0 aliphatic carbocycles. The van der Waals surface area contributed by atoms with E-state index in [1.165, 1.54) is 11.3 Å². The first-order valence-corrected chi connectivity index (χ1v) is 8.46. The third-order valence-corrected chi connectivity index (χ3v) is 5.44. The summed E-state index contributed by atoms with van der Waals surface area (Å²) in [4.78, 5) is 0.784. The molecule has 0 aliphatic rings. The number of aryl methyl sites for hydroxylation is 1. The van der Waals surface area contributed by atoms with Crippen LogP contribution in [0.2, 0.25) is 4.34 Å². The highest BCUT2D eigenvalue weighted by Crippen LogP contribution is 2.24. The van der Waals surface area contributed by atoms with E-state index in [1.54, 1.807) is 12.1 Å². The van der Waals surface area contributed by atoms with Crippen molar-refractivity contribution in [2.24, 2.45) is 0 Å². The lowest BCUT2D eigenvalue weighted by atomic mass is 10.2. The second-order valence-corrected chi connectivity index (χ2v) is 8.09. The Kier molecular flexibility index (Phi) is 4.10. The zero-order valence-corrected chi connectivity index (χ0v) is 12.3. The lowest BCUT2D eigenvalue weighted by molar-refractivity contribution is 0.595. The fourth-order valence-electron chi connectivity index (χ4n) is 1.64. The molecule has 1 aromatic heterocycles. The van der Waals surface area contributed by atoms with E-state index in [0.717, 1.165) is 16.0 Å². The predicted octanol–water partition coefficient (Wildman–Crippen LogP) is 3.82. The van der Waals surface area contributed by atoms with Gasteiger partial charge in [0.1, 0.15) is 0 Å². The van der Waals surface area contributed by atoms with E-state index >= 15 is 0 Å². The molecule has 1 aromatic carbocycles. The van der Waals surface area contributed by atoms with Crippen molar-refractivity contribution in [2.45, 2.75) is 18.4 Å². The van der Waals surface area contributed by atoms with Crippen LogP contribution in [0.15, 0.2) is 36.4 Å². The average Bonchev–Trinajstić information content (AvgIpc) is 2.66. The first-order chi connectivity index (χ1) is 8.44. The summed E-state index contributed by atoms with van der Waals surface area (Å²) in [6.07, 6.45) is 0. The summed E-state index contributed by atoms with van der Waals surface area (Å²) < 4.78 is 24.7. The lowest BCUT2D eigenvalue weighted by Crippen LogP contribution is -2.06. The second-order valence-electron chi connectivity index (χ2n) is 4.22. The van der Waals surface area contributed by atoms with Crippen LogP contribution in [0.1, 0.15) is 16.0 Å². The standard InChI is InChI=1S/C13H13ClO2S2/c1-10-2-4-11(5-3-10)8-18(15,16)9-12-6-7-13(14)17-12/h2-7H,8-9H2,1H3. The molecule has 0 N–H and O–H groups in total. The predicted molar refractivity (Wildman–Crippen MR) is 76.8 cm³/mol. The van der Waals surface area contributed by atoms with Crippen LogP contribution in [0.4, 0.5) is 0 Å². The quantitative estimate of drug-likeness (QED) is 0.860. The molecule has 0 unspecified atom stereocenters. The molecule has 0 bridgehead atoms. The van der Waals surface area contributed by atoms with Crippen molar-refractivity contribution in [1.82, 2.24) is 0 Å². The summed E-state index contributed by atoms with van der Waals surface area (Å²) in [5.41, 5.74) is 1.95. The van der Waals surface area contributed by atoms with Crippen LogP contribution in [0.3, 0.4) is 0 Å². The monoisotopic (exact) mass is 300 g/mol. The van der Waals surface area contributed by atoms with E-state index in [0.29, 0.717) is 4.34 Å². The molecule has 0 saturated heterocycles. The van der Waals surface area contributed by atoms with Crippen LogP contribution in [0.25, 0.3) is 0 Å². The molecule has 0 saturated carbocycles. The van der Waals surface area contributed by atoms with Gasteiger partial charge in [-0.25, -0.2) is 8.42 Å². The topological polar surface area (TPSA) is 34.1 Å². The summed E-state index contributed by atoms with van der Waals surface area (Å²) in [5, 5.41) is 0. The fourth-order valence-corrected chi connectivity index (χ4v) is 4.62. The van der Waals surface area contributed by atoms with Crippen LogP contribution in [0.5, 0.6) is 0 Å². The fraction of sp³-hybridized carbons (Fsp3) is 0.231. The molecule has 2 aromatic rings. The Morgan fingerprint density at radius 2 is 1.72 bits per heavy atom. The third-order valence-electron chi connectivity index (χ3n) is 2.50. The maximum atomic E-state index is 12.0. The van der Waals surface area contributed by atoms with Crippen LogP contribution in [-0.4, -0.2) is 8.42 Å². The highest BCUT2D eigenvalue weighted by atomic mass is 35.5. The molecule has 0 spiro atoms. The molecular weight excluding hydrogens is 288 g/mol. The van der Waals surface area contributed by atoms with Crippen molar-refractivity contribution < 1.29 is 8.42 Å². The number of hydrogen-bond acceptors (Lipinski definition) is 3. The number of benzene rings is 1. The second kappa shape index (κ2) is 5.43. The summed E-state index contributed by atoms with van der Waals surface area (Å²) >= 11 is 7.10. The Hall–Kier alpha value is -0.840. The van der Waals surface area contributed by atoms with E-state index in [9.17, 15) is 8.42 Å². The van der Waals surface area contributed by atoms with Gasteiger partial charge in [-0.2, -0.15) is 0 Å². The first kappa shape index (κ1) is 13.6. The minimum Gasteiger partial charge on any atom is -0.228 e. The number of sulfone groups is 1. The molecule has 0 radical (unpaired) electrons. The minimum atomic E-state index is -3.14. The molecule has 96 valence electrons. The lowest BCUT2D eigenvalue weighted by Gasteiger charge is -2.03. The SMILES string of the molecule is Cc1ccc(CS(=O)(=O)Cc2ccc(Cl)s2)cc1. The summed E-state index contributed by atoms with van der Waals surface area (Å²) in [6, 6.07) is 11.0. The molecule has 0 amide bonds. The molecule has 0 aliphatic heterocycles. The molecule has 18 heavy (non-hydrogen) atoms. The molecule has 2 rings (SSSR count). The maximum absolute atomic E-state index is 12.0.